The predicted octanol–water partition coefficient (Wildman–Crippen LogP) is 2.63. The Kier molecular flexibility index (Phi) is 2.83. The zero-order valence-corrected chi connectivity index (χ0v) is 12.7. The molecule has 0 radical (unpaired) electrons. The summed E-state index contributed by atoms with van der Waals surface area (Å²) in [5, 5.41) is 0.950. The molecule has 21 heavy (non-hydrogen) atoms. The van der Waals surface area contributed by atoms with Crippen molar-refractivity contribution in [3.63, 3.8) is 0 Å². The average Bonchev–Trinajstić information content (AvgIpc) is 2.83. The van der Waals surface area contributed by atoms with Gasteiger partial charge in [0.05, 0.1) is 30.2 Å². The van der Waals surface area contributed by atoms with Crippen LogP contribution >= 0.6 is 11.3 Å². The van der Waals surface area contributed by atoms with E-state index in [1.165, 1.54) is 17.7 Å². The molecular weight excluding hydrogens is 286 g/mol. The lowest BCUT2D eigenvalue weighted by atomic mass is 9.97. The predicted molar refractivity (Wildman–Crippen MR) is 82.7 cm³/mol. The molecule has 0 fully saturated rings. The molecule has 0 aliphatic carbocycles. The third kappa shape index (κ3) is 1.98. The maximum absolute atomic E-state index is 11.9. The van der Waals surface area contributed by atoms with E-state index in [0.717, 1.165) is 33.4 Å². The molecule has 0 saturated carbocycles. The van der Waals surface area contributed by atoms with Crippen LogP contribution in [0.25, 0.3) is 20.4 Å². The van der Waals surface area contributed by atoms with Crippen LogP contribution in [0.15, 0.2) is 17.2 Å². The van der Waals surface area contributed by atoms with Gasteiger partial charge in [-0.2, -0.15) is 0 Å². The van der Waals surface area contributed by atoms with Gasteiger partial charge in [0.2, 0.25) is 0 Å². The average molecular weight is 301 g/mol. The lowest BCUT2D eigenvalue weighted by Gasteiger charge is -2.27. The molecule has 0 unspecified atom stereocenters. The minimum Gasteiger partial charge on any atom is -0.373 e. The van der Waals surface area contributed by atoms with Crippen LogP contribution in [0.1, 0.15) is 25.1 Å². The van der Waals surface area contributed by atoms with Gasteiger partial charge in [0.25, 0.3) is 5.56 Å². The number of fused-ring (bicyclic) bond motifs is 4. The van der Waals surface area contributed by atoms with Crippen molar-refractivity contribution in [2.45, 2.75) is 33.0 Å². The monoisotopic (exact) mass is 301 g/mol. The Morgan fingerprint density at radius 1 is 1.48 bits per heavy atom. The van der Waals surface area contributed by atoms with Crippen LogP contribution in [0.3, 0.4) is 0 Å². The van der Waals surface area contributed by atoms with Gasteiger partial charge in [-0.3, -0.25) is 4.79 Å². The van der Waals surface area contributed by atoms with Crippen molar-refractivity contribution >= 4 is 31.8 Å². The normalized spacial score (nSPS) is 18.5. The fraction of sp³-hybridized carbons (Fsp3) is 0.400. The summed E-state index contributed by atoms with van der Waals surface area (Å²) in [6, 6.07) is 2.08. The van der Waals surface area contributed by atoms with Crippen LogP contribution in [0.5, 0.6) is 0 Å². The Hall–Kier alpha value is -1.79. The van der Waals surface area contributed by atoms with E-state index in [2.05, 4.69) is 29.9 Å². The molecule has 0 spiro atoms. The number of nitrogens with zero attached hydrogens (tertiary/aromatic N) is 2. The van der Waals surface area contributed by atoms with E-state index in [1.807, 2.05) is 0 Å². The Balaban J connectivity index is 1.94. The van der Waals surface area contributed by atoms with E-state index in [-0.39, 0.29) is 11.7 Å². The zero-order chi connectivity index (χ0) is 14.6. The van der Waals surface area contributed by atoms with Crippen LogP contribution in [-0.2, 0) is 17.8 Å². The van der Waals surface area contributed by atoms with Gasteiger partial charge in [0.15, 0.2) is 0 Å². The van der Waals surface area contributed by atoms with Crippen molar-refractivity contribution < 1.29 is 4.74 Å². The number of thiophene rings is 1. The fourth-order valence-corrected chi connectivity index (χ4v) is 3.79. The van der Waals surface area contributed by atoms with Gasteiger partial charge < -0.3 is 9.72 Å². The number of aromatic nitrogens is 3. The number of aromatic amines is 1. The minimum absolute atomic E-state index is 0.0997. The Labute approximate surface area is 125 Å². The molecule has 3 aromatic heterocycles. The quantitative estimate of drug-likeness (QED) is 0.750. The first-order chi connectivity index (χ1) is 10.1. The highest BCUT2D eigenvalue weighted by Gasteiger charge is 2.24. The van der Waals surface area contributed by atoms with Crippen LogP contribution in [0.2, 0.25) is 0 Å². The van der Waals surface area contributed by atoms with Crippen molar-refractivity contribution in [3.05, 3.63) is 34.0 Å². The Morgan fingerprint density at radius 2 is 2.33 bits per heavy atom. The standard InChI is InChI=1S/C15H15N3O2S/c1-7(2)11-4-10-8(5-20-11)3-9-12-13(21-15(9)18-10)14(19)17-6-16-12/h3,6-7,11H,4-5H2,1-2H3,(H,16,17,19)/t11-/m1/s1. The fourth-order valence-electron chi connectivity index (χ4n) is 2.77. The molecule has 1 aliphatic rings. The van der Waals surface area contributed by atoms with Gasteiger partial charge in [-0.15, -0.1) is 11.3 Å². The van der Waals surface area contributed by atoms with Crippen molar-refractivity contribution in [2.24, 2.45) is 5.92 Å². The Morgan fingerprint density at radius 3 is 3.14 bits per heavy atom. The second-order valence-electron chi connectivity index (χ2n) is 5.76. The van der Waals surface area contributed by atoms with Crippen molar-refractivity contribution in [3.8, 4) is 0 Å². The molecule has 0 bridgehead atoms. The van der Waals surface area contributed by atoms with Gasteiger partial charge in [0.1, 0.15) is 9.53 Å². The molecule has 0 aromatic carbocycles. The third-order valence-electron chi connectivity index (χ3n) is 4.01. The first-order valence-corrected chi connectivity index (χ1v) is 7.85. The first-order valence-electron chi connectivity index (χ1n) is 7.04. The molecule has 5 nitrogen and oxygen atoms in total. The largest absolute Gasteiger partial charge is 0.373 e. The van der Waals surface area contributed by atoms with Crippen LogP contribution < -0.4 is 5.56 Å². The van der Waals surface area contributed by atoms with Crippen molar-refractivity contribution in [1.29, 1.82) is 0 Å². The zero-order valence-electron chi connectivity index (χ0n) is 11.8. The summed E-state index contributed by atoms with van der Waals surface area (Å²) in [6.07, 6.45) is 2.50. The van der Waals surface area contributed by atoms with Gasteiger partial charge >= 0.3 is 0 Å². The summed E-state index contributed by atoms with van der Waals surface area (Å²) in [6.45, 7) is 4.91. The summed E-state index contributed by atoms with van der Waals surface area (Å²) >= 11 is 1.41. The second-order valence-corrected chi connectivity index (χ2v) is 6.76. The van der Waals surface area contributed by atoms with E-state index in [9.17, 15) is 4.79 Å². The van der Waals surface area contributed by atoms with Gasteiger partial charge in [-0.05, 0) is 12.0 Å². The number of ether oxygens (including phenoxy) is 1. The third-order valence-corrected chi connectivity index (χ3v) is 5.10. The van der Waals surface area contributed by atoms with Crippen LogP contribution in [-0.4, -0.2) is 21.1 Å². The van der Waals surface area contributed by atoms with E-state index in [1.54, 1.807) is 0 Å². The molecule has 4 heterocycles. The molecule has 4 rings (SSSR count). The maximum atomic E-state index is 11.9. The van der Waals surface area contributed by atoms with Gasteiger partial charge in [0, 0.05) is 17.4 Å². The summed E-state index contributed by atoms with van der Waals surface area (Å²) in [5.41, 5.74) is 2.84. The second kappa shape index (κ2) is 4.61. The highest BCUT2D eigenvalue weighted by molar-refractivity contribution is 7.25. The maximum Gasteiger partial charge on any atom is 0.268 e. The van der Waals surface area contributed by atoms with Crippen molar-refractivity contribution in [2.75, 3.05) is 0 Å². The van der Waals surface area contributed by atoms with Crippen LogP contribution in [0, 0.1) is 5.92 Å². The molecule has 108 valence electrons. The number of hydrogen-bond acceptors (Lipinski definition) is 5. The molecular formula is C15H15N3O2S. The van der Waals surface area contributed by atoms with E-state index >= 15 is 0 Å². The summed E-state index contributed by atoms with van der Waals surface area (Å²) in [7, 11) is 0. The first kappa shape index (κ1) is 12.9. The highest BCUT2D eigenvalue weighted by Crippen LogP contribution is 2.33. The number of rotatable bonds is 1. The number of H-pyrrole nitrogens is 1. The molecule has 0 amide bonds. The van der Waals surface area contributed by atoms with Crippen LogP contribution in [0.4, 0.5) is 0 Å². The minimum atomic E-state index is -0.0997. The smallest absolute Gasteiger partial charge is 0.268 e. The van der Waals surface area contributed by atoms with Gasteiger partial charge in [-0.1, -0.05) is 13.8 Å². The van der Waals surface area contributed by atoms with E-state index in [4.69, 9.17) is 9.72 Å². The number of pyridine rings is 1. The molecule has 3 aromatic rings. The summed E-state index contributed by atoms with van der Waals surface area (Å²) < 4.78 is 6.54. The SMILES string of the molecule is CC(C)[C@H]1Cc2nc3sc4c(=O)[nH]cnc4c3cc2CO1. The number of nitrogens with one attached hydrogen (secondary N) is 1. The molecule has 0 saturated heterocycles. The lowest BCUT2D eigenvalue weighted by Crippen LogP contribution is -2.27. The summed E-state index contributed by atoms with van der Waals surface area (Å²) in [5.74, 6) is 0.475. The Bertz CT molecular complexity index is 897. The summed E-state index contributed by atoms with van der Waals surface area (Å²) in [4.78, 5) is 24.4. The molecule has 1 atom stereocenters. The van der Waals surface area contributed by atoms with E-state index < -0.39 is 0 Å². The molecule has 1 N–H and O–H groups in total. The lowest BCUT2D eigenvalue weighted by molar-refractivity contribution is -0.00134. The number of hydrogen-bond donors (Lipinski definition) is 1. The molecule has 1 aliphatic heterocycles. The van der Waals surface area contributed by atoms with E-state index in [0.29, 0.717) is 17.2 Å². The van der Waals surface area contributed by atoms with Gasteiger partial charge in [-0.25, -0.2) is 9.97 Å². The topological polar surface area (TPSA) is 67.9 Å². The highest BCUT2D eigenvalue weighted by atomic mass is 32.1. The van der Waals surface area contributed by atoms with Crippen molar-refractivity contribution in [1.82, 2.24) is 15.0 Å². The molecule has 6 heteroatoms.